The number of benzene rings is 1. The van der Waals surface area contributed by atoms with E-state index in [0.717, 1.165) is 12.8 Å². The van der Waals surface area contributed by atoms with Gasteiger partial charge in [-0.2, -0.15) is 0 Å². The summed E-state index contributed by atoms with van der Waals surface area (Å²) < 4.78 is 19.1. The van der Waals surface area contributed by atoms with Gasteiger partial charge in [-0.05, 0) is 66.7 Å². The number of rotatable bonds is 3. The van der Waals surface area contributed by atoms with Gasteiger partial charge in [-0.1, -0.05) is 30.4 Å². The normalized spacial score (nSPS) is 36.5. The lowest BCUT2D eigenvalue weighted by molar-refractivity contribution is -0.156. The summed E-state index contributed by atoms with van der Waals surface area (Å²) in [6.45, 7) is 1.81. The molecular formula is C22H25FO3. The monoisotopic (exact) mass is 356 g/mol. The average Bonchev–Trinajstić information content (AvgIpc) is 2.62. The van der Waals surface area contributed by atoms with Gasteiger partial charge >= 0.3 is 5.97 Å². The maximum atomic E-state index is 13.7. The molecule has 0 amide bonds. The third-order valence-corrected chi connectivity index (χ3v) is 6.11. The second-order valence-corrected chi connectivity index (χ2v) is 7.91. The molecule has 2 fully saturated rings. The van der Waals surface area contributed by atoms with Crippen molar-refractivity contribution in [1.29, 1.82) is 0 Å². The molecule has 0 aromatic heterocycles. The molecule has 4 aliphatic rings. The highest BCUT2D eigenvalue weighted by molar-refractivity contribution is 5.71. The van der Waals surface area contributed by atoms with Crippen molar-refractivity contribution >= 4 is 5.97 Å². The van der Waals surface area contributed by atoms with E-state index < -0.39 is 6.10 Å². The molecule has 1 heterocycles. The first-order valence-corrected chi connectivity index (χ1v) is 9.51. The zero-order chi connectivity index (χ0) is 18.3. The fraction of sp³-hybridized carbons (Fsp3) is 0.500. The summed E-state index contributed by atoms with van der Waals surface area (Å²) in [6.07, 6.45) is 10.6. The number of ether oxygens (including phenoxy) is 1. The topological polar surface area (TPSA) is 46.5 Å². The Bertz CT molecular complexity index is 754. The van der Waals surface area contributed by atoms with Crippen molar-refractivity contribution in [1.82, 2.24) is 0 Å². The third kappa shape index (κ3) is 3.35. The van der Waals surface area contributed by atoms with E-state index in [0.29, 0.717) is 35.7 Å². The summed E-state index contributed by atoms with van der Waals surface area (Å²) in [5, 5.41) is 9.80. The van der Waals surface area contributed by atoms with Crippen LogP contribution in [-0.4, -0.2) is 23.3 Å². The highest BCUT2D eigenvalue weighted by Crippen LogP contribution is 2.50. The van der Waals surface area contributed by atoms with Crippen LogP contribution in [0.5, 0.6) is 0 Å². The predicted octanol–water partition coefficient (Wildman–Crippen LogP) is 4.05. The number of fused-ring (bicyclic) bond motifs is 2. The van der Waals surface area contributed by atoms with Crippen LogP contribution in [0.3, 0.4) is 0 Å². The second kappa shape index (κ2) is 6.99. The zero-order valence-corrected chi connectivity index (χ0v) is 15.0. The molecule has 1 aromatic carbocycles. The van der Waals surface area contributed by atoms with Crippen LogP contribution in [0.25, 0.3) is 0 Å². The molecule has 1 aromatic rings. The number of carbonyl (C=O) groups is 1. The molecule has 2 bridgehead atoms. The number of esters is 1. The minimum Gasteiger partial charge on any atom is -0.458 e. The van der Waals surface area contributed by atoms with Crippen LogP contribution < -0.4 is 0 Å². The Balaban J connectivity index is 1.60. The van der Waals surface area contributed by atoms with Crippen molar-refractivity contribution < 1.29 is 19.0 Å². The first-order valence-electron chi connectivity index (χ1n) is 9.51. The maximum absolute atomic E-state index is 13.7. The predicted molar refractivity (Wildman–Crippen MR) is 97.0 cm³/mol. The van der Waals surface area contributed by atoms with Gasteiger partial charge in [-0.15, -0.1) is 0 Å². The molecule has 3 aliphatic carbocycles. The van der Waals surface area contributed by atoms with Crippen LogP contribution in [0.2, 0.25) is 0 Å². The van der Waals surface area contributed by atoms with Gasteiger partial charge < -0.3 is 9.84 Å². The number of hydrogen-bond donors (Lipinski definition) is 1. The minimum absolute atomic E-state index is 0.0820. The Labute approximate surface area is 153 Å². The number of cyclic esters (lactones) is 1. The van der Waals surface area contributed by atoms with E-state index in [1.807, 2.05) is 25.1 Å². The Morgan fingerprint density at radius 1 is 1.19 bits per heavy atom. The van der Waals surface area contributed by atoms with Crippen LogP contribution in [0.15, 0.2) is 42.5 Å². The molecule has 1 saturated carbocycles. The summed E-state index contributed by atoms with van der Waals surface area (Å²) in [4.78, 5) is 11.6. The second-order valence-electron chi connectivity index (χ2n) is 7.91. The van der Waals surface area contributed by atoms with Crippen molar-refractivity contribution in [3.63, 3.8) is 0 Å². The van der Waals surface area contributed by atoms with E-state index in [-0.39, 0.29) is 24.3 Å². The fourth-order valence-electron chi connectivity index (χ4n) is 4.82. The largest absolute Gasteiger partial charge is 0.458 e. The van der Waals surface area contributed by atoms with Crippen molar-refractivity contribution in [2.24, 2.45) is 17.8 Å². The lowest BCUT2D eigenvalue weighted by Gasteiger charge is -2.44. The number of carbonyl (C=O) groups excluding carboxylic acids is 1. The molecule has 1 N–H and O–H groups in total. The smallest absolute Gasteiger partial charge is 0.309 e. The van der Waals surface area contributed by atoms with Crippen LogP contribution >= 0.6 is 0 Å². The lowest BCUT2D eigenvalue weighted by atomic mass is 9.60. The summed E-state index contributed by atoms with van der Waals surface area (Å²) in [6, 6.07) is 5.45. The van der Waals surface area contributed by atoms with Crippen LogP contribution in [0.4, 0.5) is 4.39 Å². The van der Waals surface area contributed by atoms with Gasteiger partial charge in [0, 0.05) is 6.42 Å². The molecule has 0 spiro atoms. The summed E-state index contributed by atoms with van der Waals surface area (Å²) in [5.41, 5.74) is 1.86. The molecule has 26 heavy (non-hydrogen) atoms. The molecule has 6 atom stereocenters. The van der Waals surface area contributed by atoms with Crippen LogP contribution in [-0.2, 0) is 9.53 Å². The molecule has 3 nitrogen and oxygen atoms in total. The minimum atomic E-state index is -0.621. The first kappa shape index (κ1) is 17.5. The van der Waals surface area contributed by atoms with E-state index >= 15 is 0 Å². The molecule has 5 rings (SSSR count). The van der Waals surface area contributed by atoms with Gasteiger partial charge in [0.05, 0.1) is 12.5 Å². The quantitative estimate of drug-likeness (QED) is 0.656. The van der Waals surface area contributed by atoms with Crippen molar-refractivity contribution in [3.05, 3.63) is 59.4 Å². The van der Waals surface area contributed by atoms with Crippen molar-refractivity contribution in [3.8, 4) is 0 Å². The highest BCUT2D eigenvalue weighted by Gasteiger charge is 2.40. The Morgan fingerprint density at radius 3 is 2.65 bits per heavy atom. The number of halogens is 1. The number of aliphatic hydroxyl groups is 1. The maximum Gasteiger partial charge on any atom is 0.309 e. The van der Waals surface area contributed by atoms with Gasteiger partial charge in [-0.25, -0.2) is 4.39 Å². The molecular weight excluding hydrogens is 331 g/mol. The highest BCUT2D eigenvalue weighted by atomic mass is 19.1. The average molecular weight is 356 g/mol. The van der Waals surface area contributed by atoms with E-state index in [4.69, 9.17) is 4.74 Å². The van der Waals surface area contributed by atoms with Crippen molar-refractivity contribution in [2.45, 2.75) is 50.7 Å². The van der Waals surface area contributed by atoms with Gasteiger partial charge in [0.2, 0.25) is 0 Å². The Hall–Kier alpha value is -1.94. The van der Waals surface area contributed by atoms with Gasteiger partial charge in [-0.3, -0.25) is 4.79 Å². The standard InChI is InChI=1S/C22H25FO3/c1-13-10-16(6-9-20(13)23)22-15-4-2-14(3-5-15)19(22)8-7-18-11-17(24)12-21(25)26-18/h2,4,6-10,14-15,17-19,22,24H,3,5,11-12H2,1H3/b8-7+/t14?,15?,17-,18-,19?,22?/m1/s1. The summed E-state index contributed by atoms with van der Waals surface area (Å²) in [5.74, 6) is 1.03. The fourth-order valence-corrected chi connectivity index (χ4v) is 4.82. The van der Waals surface area contributed by atoms with E-state index in [1.54, 1.807) is 6.07 Å². The Morgan fingerprint density at radius 2 is 1.96 bits per heavy atom. The van der Waals surface area contributed by atoms with E-state index in [9.17, 15) is 14.3 Å². The SMILES string of the molecule is Cc1cc(C2C3C=CC(CC3)C2/C=C/[C@@H]2C[C@@H](O)CC(=O)O2)ccc1F. The zero-order valence-electron chi connectivity index (χ0n) is 15.0. The molecule has 1 saturated heterocycles. The number of aryl methyl sites for hydroxylation is 1. The molecule has 0 radical (unpaired) electrons. The summed E-state index contributed by atoms with van der Waals surface area (Å²) >= 11 is 0. The van der Waals surface area contributed by atoms with Gasteiger partial charge in [0.1, 0.15) is 11.9 Å². The van der Waals surface area contributed by atoms with Crippen molar-refractivity contribution in [2.75, 3.05) is 0 Å². The summed E-state index contributed by atoms with van der Waals surface area (Å²) in [7, 11) is 0. The number of aliphatic hydroxyl groups excluding tert-OH is 1. The number of allylic oxidation sites excluding steroid dienone is 3. The number of hydrogen-bond acceptors (Lipinski definition) is 3. The third-order valence-electron chi connectivity index (χ3n) is 6.11. The van der Waals surface area contributed by atoms with E-state index in [1.165, 1.54) is 5.56 Å². The molecule has 1 aliphatic heterocycles. The molecule has 138 valence electrons. The van der Waals surface area contributed by atoms with Crippen LogP contribution in [0.1, 0.15) is 42.7 Å². The van der Waals surface area contributed by atoms with E-state index in [2.05, 4.69) is 18.2 Å². The Kier molecular flexibility index (Phi) is 4.70. The van der Waals surface area contributed by atoms with Crippen LogP contribution in [0, 0.1) is 30.5 Å². The van der Waals surface area contributed by atoms with Gasteiger partial charge in [0.25, 0.3) is 0 Å². The lowest BCUT2D eigenvalue weighted by Crippen LogP contribution is -2.35. The molecule has 4 unspecified atom stereocenters. The first-order chi connectivity index (χ1) is 12.5. The molecule has 4 heteroatoms. The van der Waals surface area contributed by atoms with Gasteiger partial charge in [0.15, 0.2) is 0 Å².